The molecule has 2 rings (SSSR count). The van der Waals surface area contributed by atoms with Crippen LogP contribution in [0.3, 0.4) is 0 Å². The first kappa shape index (κ1) is 10.5. The van der Waals surface area contributed by atoms with E-state index in [0.717, 1.165) is 5.69 Å². The van der Waals surface area contributed by atoms with Gasteiger partial charge in [-0.15, -0.1) is 0 Å². The second-order valence-electron chi connectivity index (χ2n) is 3.68. The summed E-state index contributed by atoms with van der Waals surface area (Å²) in [5.74, 6) is 0.418. The molecule has 2 aromatic heterocycles. The first-order valence-corrected chi connectivity index (χ1v) is 4.90. The number of aryl methyl sites for hydroxylation is 1. The highest BCUT2D eigenvalue weighted by molar-refractivity contribution is 5.81. The maximum absolute atomic E-state index is 11.2. The lowest BCUT2D eigenvalue weighted by Gasteiger charge is -1.98. The zero-order chi connectivity index (χ0) is 11.7. The van der Waals surface area contributed by atoms with Gasteiger partial charge in [0.15, 0.2) is 0 Å². The van der Waals surface area contributed by atoms with Crippen LogP contribution in [-0.2, 0) is 11.8 Å². The van der Waals surface area contributed by atoms with Crippen molar-refractivity contribution >= 4 is 5.78 Å². The van der Waals surface area contributed by atoms with Gasteiger partial charge in [0.2, 0.25) is 11.7 Å². The fourth-order valence-corrected chi connectivity index (χ4v) is 1.26. The minimum absolute atomic E-state index is 0.000191. The van der Waals surface area contributed by atoms with Crippen LogP contribution in [0.2, 0.25) is 0 Å². The highest BCUT2D eigenvalue weighted by Gasteiger charge is 2.19. The quantitative estimate of drug-likeness (QED) is 0.776. The second kappa shape index (κ2) is 3.88. The number of ketones is 1. The summed E-state index contributed by atoms with van der Waals surface area (Å²) in [6.45, 7) is 3.24. The summed E-state index contributed by atoms with van der Waals surface area (Å²) in [5, 5.41) is 3.82. The molecule has 0 aliphatic rings. The van der Waals surface area contributed by atoms with Crippen LogP contribution in [0.4, 0.5) is 0 Å². The molecule has 0 amide bonds. The first-order valence-electron chi connectivity index (χ1n) is 4.90. The molecule has 1 unspecified atom stereocenters. The fraction of sp³-hybridized carbons (Fsp3) is 0.400. The third-order valence-electron chi connectivity index (χ3n) is 2.47. The number of imidazole rings is 1. The number of aromatic nitrogens is 4. The van der Waals surface area contributed by atoms with Crippen LogP contribution in [0.5, 0.6) is 0 Å². The van der Waals surface area contributed by atoms with Gasteiger partial charge in [-0.1, -0.05) is 5.16 Å². The monoisotopic (exact) mass is 220 g/mol. The Morgan fingerprint density at radius 2 is 2.31 bits per heavy atom. The average molecular weight is 220 g/mol. The lowest BCUT2D eigenvalue weighted by molar-refractivity contribution is -0.118. The Balaban J connectivity index is 2.33. The number of hydrogen-bond donors (Lipinski definition) is 0. The molecule has 16 heavy (non-hydrogen) atoms. The summed E-state index contributed by atoms with van der Waals surface area (Å²) >= 11 is 0. The van der Waals surface area contributed by atoms with E-state index < -0.39 is 0 Å². The Bertz CT molecular complexity index is 514. The summed E-state index contributed by atoms with van der Waals surface area (Å²) < 4.78 is 6.83. The van der Waals surface area contributed by atoms with Gasteiger partial charge in [0, 0.05) is 7.05 Å². The van der Waals surface area contributed by atoms with Crippen LogP contribution < -0.4 is 0 Å². The van der Waals surface area contributed by atoms with Gasteiger partial charge in [-0.3, -0.25) is 4.79 Å². The third-order valence-corrected chi connectivity index (χ3v) is 2.47. The van der Waals surface area contributed by atoms with Crippen LogP contribution in [0.1, 0.15) is 25.7 Å². The van der Waals surface area contributed by atoms with Crippen LogP contribution in [0.25, 0.3) is 11.5 Å². The average Bonchev–Trinajstić information content (AvgIpc) is 2.84. The number of rotatable bonds is 3. The molecule has 0 N–H and O–H groups in total. The van der Waals surface area contributed by atoms with Crippen LogP contribution in [-0.4, -0.2) is 25.5 Å². The van der Waals surface area contributed by atoms with Crippen molar-refractivity contribution < 1.29 is 9.32 Å². The molecule has 0 aromatic carbocycles. The smallest absolute Gasteiger partial charge is 0.237 e. The second-order valence-corrected chi connectivity index (χ2v) is 3.68. The number of nitrogens with zero attached hydrogens (tertiary/aromatic N) is 4. The van der Waals surface area contributed by atoms with E-state index in [1.165, 1.54) is 6.92 Å². The lowest BCUT2D eigenvalue weighted by atomic mass is 10.1. The fourth-order valence-electron chi connectivity index (χ4n) is 1.26. The molecule has 0 aliphatic carbocycles. The Hall–Kier alpha value is -1.98. The van der Waals surface area contributed by atoms with E-state index in [-0.39, 0.29) is 11.7 Å². The standard InChI is InChI=1S/C10H12N4O2/c1-6(7(2)15)10-12-9(13-16-10)8-4-11-5-14(8)3/h4-6H,1-3H3. The topological polar surface area (TPSA) is 73.8 Å². The van der Waals surface area contributed by atoms with Gasteiger partial charge in [-0.2, -0.15) is 4.98 Å². The molecule has 1 atom stereocenters. The molecule has 0 spiro atoms. The Kier molecular flexibility index (Phi) is 2.55. The highest BCUT2D eigenvalue weighted by atomic mass is 16.5. The van der Waals surface area contributed by atoms with Gasteiger partial charge in [0.25, 0.3) is 0 Å². The van der Waals surface area contributed by atoms with E-state index in [0.29, 0.717) is 11.7 Å². The van der Waals surface area contributed by atoms with Crippen molar-refractivity contribution in [1.82, 2.24) is 19.7 Å². The van der Waals surface area contributed by atoms with Gasteiger partial charge in [-0.25, -0.2) is 4.98 Å². The van der Waals surface area contributed by atoms with Gasteiger partial charge in [0.05, 0.1) is 18.4 Å². The van der Waals surface area contributed by atoms with Crippen molar-refractivity contribution in [3.63, 3.8) is 0 Å². The molecule has 2 heterocycles. The number of hydrogen-bond acceptors (Lipinski definition) is 5. The summed E-state index contributed by atoms with van der Waals surface area (Å²) in [5.41, 5.74) is 0.755. The SMILES string of the molecule is CC(=O)C(C)c1nc(-c2cncn2C)no1. The summed E-state index contributed by atoms with van der Waals surface area (Å²) in [7, 11) is 1.84. The van der Waals surface area contributed by atoms with E-state index in [4.69, 9.17) is 4.52 Å². The highest BCUT2D eigenvalue weighted by Crippen LogP contribution is 2.19. The summed E-state index contributed by atoms with van der Waals surface area (Å²) in [6.07, 6.45) is 3.30. The number of carbonyl (C=O) groups excluding carboxylic acids is 1. The van der Waals surface area contributed by atoms with Crippen molar-refractivity contribution in [2.75, 3.05) is 0 Å². The van der Waals surface area contributed by atoms with Gasteiger partial charge in [0.1, 0.15) is 11.5 Å². The summed E-state index contributed by atoms with van der Waals surface area (Å²) in [6, 6.07) is 0. The van der Waals surface area contributed by atoms with E-state index in [1.807, 2.05) is 7.05 Å². The Labute approximate surface area is 92.3 Å². The first-order chi connectivity index (χ1) is 7.59. The molecule has 6 nitrogen and oxygen atoms in total. The zero-order valence-corrected chi connectivity index (χ0v) is 9.34. The lowest BCUT2D eigenvalue weighted by Crippen LogP contribution is -2.04. The molecule has 0 aliphatic heterocycles. The molecular formula is C10H12N4O2. The molecule has 84 valence electrons. The van der Waals surface area contributed by atoms with Crippen molar-refractivity contribution in [2.45, 2.75) is 19.8 Å². The molecule has 6 heteroatoms. The normalized spacial score (nSPS) is 12.7. The van der Waals surface area contributed by atoms with Gasteiger partial charge in [-0.05, 0) is 13.8 Å². The predicted molar refractivity (Wildman–Crippen MR) is 55.6 cm³/mol. The molecule has 2 aromatic rings. The molecule has 0 saturated heterocycles. The van der Waals surface area contributed by atoms with Gasteiger partial charge >= 0.3 is 0 Å². The number of Topliss-reactive ketones (excluding diaryl/α,β-unsaturated/α-hetero) is 1. The maximum atomic E-state index is 11.2. The maximum Gasteiger partial charge on any atom is 0.237 e. The molecular weight excluding hydrogens is 208 g/mol. The van der Waals surface area contributed by atoms with Gasteiger partial charge < -0.3 is 9.09 Å². The minimum Gasteiger partial charge on any atom is -0.338 e. The van der Waals surface area contributed by atoms with E-state index >= 15 is 0 Å². The van der Waals surface area contributed by atoms with Crippen molar-refractivity contribution in [3.8, 4) is 11.5 Å². The minimum atomic E-state index is -0.366. The Morgan fingerprint density at radius 1 is 1.56 bits per heavy atom. The largest absolute Gasteiger partial charge is 0.338 e. The van der Waals surface area contributed by atoms with E-state index in [1.54, 1.807) is 24.0 Å². The summed E-state index contributed by atoms with van der Waals surface area (Å²) in [4.78, 5) is 19.3. The number of carbonyl (C=O) groups is 1. The molecule has 0 saturated carbocycles. The predicted octanol–water partition coefficient (Wildman–Crippen LogP) is 1.16. The van der Waals surface area contributed by atoms with E-state index in [9.17, 15) is 4.79 Å². The molecule has 0 bridgehead atoms. The van der Waals surface area contributed by atoms with Crippen LogP contribution >= 0.6 is 0 Å². The van der Waals surface area contributed by atoms with Crippen molar-refractivity contribution in [2.24, 2.45) is 7.05 Å². The molecule has 0 radical (unpaired) electrons. The van der Waals surface area contributed by atoms with E-state index in [2.05, 4.69) is 15.1 Å². The van der Waals surface area contributed by atoms with Crippen molar-refractivity contribution in [3.05, 3.63) is 18.4 Å². The third kappa shape index (κ3) is 1.73. The van der Waals surface area contributed by atoms with Crippen molar-refractivity contribution in [1.29, 1.82) is 0 Å². The molecule has 0 fully saturated rings. The zero-order valence-electron chi connectivity index (χ0n) is 9.34. The van der Waals surface area contributed by atoms with Crippen LogP contribution in [0, 0.1) is 0 Å². The Morgan fingerprint density at radius 3 is 2.88 bits per heavy atom. The van der Waals surface area contributed by atoms with Crippen LogP contribution in [0.15, 0.2) is 17.0 Å².